The van der Waals surface area contributed by atoms with Crippen LogP contribution >= 0.6 is 0 Å². The van der Waals surface area contributed by atoms with E-state index in [1.807, 2.05) is 6.07 Å². The van der Waals surface area contributed by atoms with Crippen LogP contribution in [0.4, 0.5) is 0 Å². The molecular weight excluding hydrogens is 250 g/mol. The number of aliphatic carboxylic acids is 1. The third-order valence-electron chi connectivity index (χ3n) is 5.04. The second-order valence-corrected chi connectivity index (χ2v) is 6.81. The lowest BCUT2D eigenvalue weighted by Gasteiger charge is -2.58. The maximum atomic E-state index is 11.1. The van der Waals surface area contributed by atoms with E-state index in [2.05, 4.69) is 38.1 Å². The molecule has 0 unspecified atom stereocenters. The Bertz CT molecular complexity index is 461. The summed E-state index contributed by atoms with van der Waals surface area (Å²) in [5.41, 5.74) is 7.22. The van der Waals surface area contributed by atoms with Crippen LogP contribution < -0.4 is 5.73 Å². The molecule has 0 spiro atoms. The molecule has 2 rings (SSSR count). The first-order valence-electron chi connectivity index (χ1n) is 7.37. The Morgan fingerprint density at radius 3 is 2.35 bits per heavy atom. The van der Waals surface area contributed by atoms with Crippen LogP contribution in [0.25, 0.3) is 0 Å². The summed E-state index contributed by atoms with van der Waals surface area (Å²) in [6.45, 7) is 4.96. The van der Waals surface area contributed by atoms with Gasteiger partial charge in [0.15, 0.2) is 0 Å². The lowest BCUT2D eigenvalue weighted by Crippen LogP contribution is -2.55. The van der Waals surface area contributed by atoms with Crippen molar-refractivity contribution in [2.75, 3.05) is 6.54 Å². The van der Waals surface area contributed by atoms with Crippen LogP contribution in [-0.2, 0) is 11.2 Å². The third-order valence-corrected chi connectivity index (χ3v) is 5.04. The number of rotatable bonds is 6. The van der Waals surface area contributed by atoms with E-state index in [4.69, 9.17) is 10.8 Å². The minimum atomic E-state index is -0.729. The van der Waals surface area contributed by atoms with Gasteiger partial charge in [-0.15, -0.1) is 0 Å². The normalized spacial score (nSPS) is 29.2. The van der Waals surface area contributed by atoms with Gasteiger partial charge in [0.05, 0.1) is 6.42 Å². The second-order valence-electron chi connectivity index (χ2n) is 6.81. The van der Waals surface area contributed by atoms with Gasteiger partial charge < -0.3 is 10.8 Å². The number of nitrogens with two attached hydrogens (primary N) is 1. The summed E-state index contributed by atoms with van der Waals surface area (Å²) in [4.78, 5) is 11.1. The first-order valence-corrected chi connectivity index (χ1v) is 7.37. The van der Waals surface area contributed by atoms with Crippen molar-refractivity contribution < 1.29 is 9.90 Å². The number of carboxylic acid groups (broad SMARTS) is 1. The highest BCUT2D eigenvalue weighted by atomic mass is 16.4. The van der Waals surface area contributed by atoms with Crippen molar-refractivity contribution in [3.63, 3.8) is 0 Å². The summed E-state index contributed by atoms with van der Waals surface area (Å²) in [5, 5.41) is 9.09. The van der Waals surface area contributed by atoms with E-state index in [1.54, 1.807) is 0 Å². The lowest BCUT2D eigenvalue weighted by molar-refractivity contribution is -0.147. The molecule has 1 aromatic carbocycles. The Hall–Kier alpha value is -1.35. The van der Waals surface area contributed by atoms with Gasteiger partial charge >= 0.3 is 5.97 Å². The summed E-state index contributed by atoms with van der Waals surface area (Å²) >= 11 is 0. The van der Waals surface area contributed by atoms with Crippen LogP contribution in [-0.4, -0.2) is 17.6 Å². The van der Waals surface area contributed by atoms with Crippen molar-refractivity contribution in [3.8, 4) is 0 Å². The molecule has 3 N–H and O–H groups in total. The molecule has 0 aromatic heterocycles. The predicted octanol–water partition coefficient (Wildman–Crippen LogP) is 3.09. The van der Waals surface area contributed by atoms with Crippen molar-refractivity contribution in [2.45, 2.75) is 39.5 Å². The highest BCUT2D eigenvalue weighted by molar-refractivity contribution is 5.68. The Kier molecular flexibility index (Phi) is 4.19. The molecule has 0 amide bonds. The van der Waals surface area contributed by atoms with Gasteiger partial charge in [0.1, 0.15) is 0 Å². The molecule has 0 bridgehead atoms. The molecule has 1 fully saturated rings. The topological polar surface area (TPSA) is 63.3 Å². The number of carboxylic acids is 1. The SMILES string of the molecule is CC(C)[C@]1(Cc2ccccc2)C[C@@](CN)(CC(=O)O)C1. The molecule has 0 atom stereocenters. The van der Waals surface area contributed by atoms with E-state index < -0.39 is 5.97 Å². The molecular formula is C17H25NO2. The van der Waals surface area contributed by atoms with Crippen molar-refractivity contribution in [1.82, 2.24) is 0 Å². The predicted molar refractivity (Wildman–Crippen MR) is 80.4 cm³/mol. The molecule has 0 heterocycles. The van der Waals surface area contributed by atoms with E-state index in [0.29, 0.717) is 12.5 Å². The quantitative estimate of drug-likeness (QED) is 0.838. The highest BCUT2D eigenvalue weighted by Gasteiger charge is 2.55. The molecule has 0 aliphatic heterocycles. The maximum absolute atomic E-state index is 11.1. The van der Waals surface area contributed by atoms with E-state index in [9.17, 15) is 4.79 Å². The second kappa shape index (κ2) is 5.57. The van der Waals surface area contributed by atoms with Crippen LogP contribution in [0.2, 0.25) is 0 Å². The van der Waals surface area contributed by atoms with Gasteiger partial charge in [0.2, 0.25) is 0 Å². The first kappa shape index (κ1) is 15.0. The number of hydrogen-bond donors (Lipinski definition) is 2. The average Bonchev–Trinajstić information content (AvgIpc) is 2.36. The molecule has 20 heavy (non-hydrogen) atoms. The van der Waals surface area contributed by atoms with E-state index in [-0.39, 0.29) is 17.3 Å². The van der Waals surface area contributed by atoms with Crippen molar-refractivity contribution in [2.24, 2.45) is 22.5 Å². The van der Waals surface area contributed by atoms with Crippen LogP contribution in [0.15, 0.2) is 30.3 Å². The molecule has 0 radical (unpaired) electrons. The van der Waals surface area contributed by atoms with Gasteiger partial charge in [-0.3, -0.25) is 4.79 Å². The number of hydrogen-bond acceptors (Lipinski definition) is 2. The van der Waals surface area contributed by atoms with Crippen LogP contribution in [0.3, 0.4) is 0 Å². The summed E-state index contributed by atoms with van der Waals surface area (Å²) in [6, 6.07) is 10.5. The Balaban J connectivity index is 2.13. The fourth-order valence-electron chi connectivity index (χ4n) is 3.84. The van der Waals surface area contributed by atoms with E-state index >= 15 is 0 Å². The van der Waals surface area contributed by atoms with Crippen LogP contribution in [0.1, 0.15) is 38.7 Å². The standard InChI is InChI=1S/C17H25NO2/c1-13(2)17(8-14-6-4-3-5-7-14)10-16(11-17,12-18)9-15(19)20/h3-7,13H,8-12,18H2,1-2H3,(H,19,20)/t16-,17+. The van der Waals surface area contributed by atoms with Gasteiger partial charge in [0.25, 0.3) is 0 Å². The molecule has 1 aromatic rings. The van der Waals surface area contributed by atoms with Crippen molar-refractivity contribution in [1.29, 1.82) is 0 Å². The van der Waals surface area contributed by atoms with Crippen LogP contribution in [0.5, 0.6) is 0 Å². The number of carbonyl (C=O) groups is 1. The van der Waals surface area contributed by atoms with Gasteiger partial charge in [-0.1, -0.05) is 44.2 Å². The minimum absolute atomic E-state index is 0.190. The zero-order valence-electron chi connectivity index (χ0n) is 12.4. The molecule has 1 saturated carbocycles. The fraction of sp³-hybridized carbons (Fsp3) is 0.588. The van der Waals surface area contributed by atoms with Gasteiger partial charge in [-0.05, 0) is 48.1 Å². The summed E-state index contributed by atoms with van der Waals surface area (Å²) in [5.74, 6) is -0.191. The van der Waals surface area contributed by atoms with Gasteiger partial charge in [-0.25, -0.2) is 0 Å². The molecule has 3 heteroatoms. The third kappa shape index (κ3) is 2.88. The first-order chi connectivity index (χ1) is 9.41. The van der Waals surface area contributed by atoms with E-state index in [0.717, 1.165) is 19.3 Å². The zero-order valence-corrected chi connectivity index (χ0v) is 12.4. The maximum Gasteiger partial charge on any atom is 0.303 e. The molecule has 3 nitrogen and oxygen atoms in total. The minimum Gasteiger partial charge on any atom is -0.481 e. The molecule has 0 saturated heterocycles. The Morgan fingerprint density at radius 1 is 1.30 bits per heavy atom. The lowest BCUT2D eigenvalue weighted by atomic mass is 9.46. The molecule has 1 aliphatic rings. The largest absolute Gasteiger partial charge is 0.481 e. The van der Waals surface area contributed by atoms with E-state index in [1.165, 1.54) is 5.56 Å². The number of benzene rings is 1. The summed E-state index contributed by atoms with van der Waals surface area (Å²) in [7, 11) is 0. The Labute approximate surface area is 121 Å². The van der Waals surface area contributed by atoms with Crippen LogP contribution in [0, 0.1) is 16.7 Å². The summed E-state index contributed by atoms with van der Waals surface area (Å²) in [6.07, 6.45) is 3.07. The molecule has 110 valence electrons. The van der Waals surface area contributed by atoms with Crippen molar-refractivity contribution >= 4 is 5.97 Å². The summed E-state index contributed by atoms with van der Waals surface area (Å²) < 4.78 is 0. The zero-order chi connectivity index (χ0) is 14.8. The monoisotopic (exact) mass is 275 g/mol. The average molecular weight is 275 g/mol. The molecule has 1 aliphatic carbocycles. The van der Waals surface area contributed by atoms with Gasteiger partial charge in [0, 0.05) is 0 Å². The highest BCUT2D eigenvalue weighted by Crippen LogP contribution is 2.60. The fourth-order valence-corrected chi connectivity index (χ4v) is 3.84. The van der Waals surface area contributed by atoms with Gasteiger partial charge in [-0.2, -0.15) is 0 Å². The van der Waals surface area contributed by atoms with Crippen molar-refractivity contribution in [3.05, 3.63) is 35.9 Å². The smallest absolute Gasteiger partial charge is 0.303 e. The Morgan fingerprint density at radius 2 is 1.90 bits per heavy atom.